The molecule has 1 aliphatic heterocycles. The monoisotopic (exact) mass is 268 g/mol. The van der Waals surface area contributed by atoms with Gasteiger partial charge in [0.25, 0.3) is 6.43 Å². The van der Waals surface area contributed by atoms with Gasteiger partial charge in [0, 0.05) is 13.1 Å². The van der Waals surface area contributed by atoms with E-state index in [-0.39, 0.29) is 18.4 Å². The molecule has 19 heavy (non-hydrogen) atoms. The molecule has 0 aromatic heterocycles. The highest BCUT2D eigenvalue weighted by Crippen LogP contribution is 2.15. The summed E-state index contributed by atoms with van der Waals surface area (Å²) in [4.78, 5) is 13.5. The molecule has 104 valence electrons. The van der Waals surface area contributed by atoms with Gasteiger partial charge in [-0.1, -0.05) is 30.3 Å². The SMILES string of the molecule is O=C(C1CCNC1)N(Cc1ccccc1)CC(F)F. The third-order valence-corrected chi connectivity index (χ3v) is 3.30. The number of rotatable bonds is 5. The normalized spacial score (nSPS) is 18.8. The second kappa shape index (κ2) is 6.61. The maximum atomic E-state index is 12.6. The second-order valence-corrected chi connectivity index (χ2v) is 4.79. The number of amides is 1. The average molecular weight is 268 g/mol. The zero-order chi connectivity index (χ0) is 13.7. The van der Waals surface area contributed by atoms with Crippen LogP contribution in [0.2, 0.25) is 0 Å². The van der Waals surface area contributed by atoms with E-state index in [0.717, 1.165) is 18.5 Å². The lowest BCUT2D eigenvalue weighted by Crippen LogP contribution is -2.39. The zero-order valence-corrected chi connectivity index (χ0v) is 10.7. The van der Waals surface area contributed by atoms with E-state index in [4.69, 9.17) is 0 Å². The lowest BCUT2D eigenvalue weighted by atomic mass is 10.1. The van der Waals surface area contributed by atoms with Crippen molar-refractivity contribution in [3.05, 3.63) is 35.9 Å². The molecule has 1 saturated heterocycles. The number of nitrogens with zero attached hydrogens (tertiary/aromatic N) is 1. The number of hydrogen-bond donors (Lipinski definition) is 1. The van der Waals surface area contributed by atoms with E-state index in [1.807, 2.05) is 30.3 Å². The molecule has 1 atom stereocenters. The Bertz CT molecular complexity index is 405. The predicted octanol–water partition coefficient (Wildman–Crippen LogP) is 1.89. The molecule has 1 amide bonds. The van der Waals surface area contributed by atoms with Crippen LogP contribution in [0.3, 0.4) is 0 Å². The summed E-state index contributed by atoms with van der Waals surface area (Å²) in [5, 5.41) is 3.09. The number of carbonyl (C=O) groups excluding carboxylic acids is 1. The highest BCUT2D eigenvalue weighted by molar-refractivity contribution is 5.79. The maximum Gasteiger partial charge on any atom is 0.255 e. The molecule has 0 bridgehead atoms. The molecule has 0 radical (unpaired) electrons. The van der Waals surface area contributed by atoms with Crippen LogP contribution in [-0.2, 0) is 11.3 Å². The Morgan fingerprint density at radius 3 is 2.68 bits per heavy atom. The van der Waals surface area contributed by atoms with Gasteiger partial charge in [-0.3, -0.25) is 4.79 Å². The van der Waals surface area contributed by atoms with Gasteiger partial charge in [0.2, 0.25) is 5.91 Å². The number of benzene rings is 1. The van der Waals surface area contributed by atoms with Gasteiger partial charge < -0.3 is 10.2 Å². The second-order valence-electron chi connectivity index (χ2n) is 4.79. The van der Waals surface area contributed by atoms with Crippen molar-refractivity contribution in [3.63, 3.8) is 0 Å². The molecule has 1 unspecified atom stereocenters. The van der Waals surface area contributed by atoms with Crippen LogP contribution in [0, 0.1) is 5.92 Å². The fourth-order valence-corrected chi connectivity index (χ4v) is 2.33. The largest absolute Gasteiger partial charge is 0.332 e. The first kappa shape index (κ1) is 13.9. The molecule has 5 heteroatoms. The molecular formula is C14H18F2N2O. The average Bonchev–Trinajstić information content (AvgIpc) is 2.91. The Hall–Kier alpha value is -1.49. The third kappa shape index (κ3) is 3.99. The van der Waals surface area contributed by atoms with Gasteiger partial charge in [-0.2, -0.15) is 0 Å². The van der Waals surface area contributed by atoms with E-state index in [9.17, 15) is 13.6 Å². The van der Waals surface area contributed by atoms with Crippen LogP contribution < -0.4 is 5.32 Å². The van der Waals surface area contributed by atoms with Crippen molar-refractivity contribution in [3.8, 4) is 0 Å². The van der Waals surface area contributed by atoms with Crippen LogP contribution in [0.25, 0.3) is 0 Å². The van der Waals surface area contributed by atoms with Crippen molar-refractivity contribution in [2.45, 2.75) is 19.4 Å². The van der Waals surface area contributed by atoms with Crippen molar-refractivity contribution in [1.82, 2.24) is 10.2 Å². The molecule has 2 rings (SSSR count). The first-order valence-corrected chi connectivity index (χ1v) is 6.48. The van der Waals surface area contributed by atoms with Crippen molar-refractivity contribution in [2.24, 2.45) is 5.92 Å². The van der Waals surface area contributed by atoms with E-state index in [2.05, 4.69) is 5.32 Å². The number of alkyl halides is 2. The fraction of sp³-hybridized carbons (Fsp3) is 0.500. The lowest BCUT2D eigenvalue weighted by molar-refractivity contribution is -0.137. The molecule has 1 aromatic rings. The molecule has 1 N–H and O–H groups in total. The van der Waals surface area contributed by atoms with Gasteiger partial charge in [-0.25, -0.2) is 8.78 Å². The molecular weight excluding hydrogens is 250 g/mol. The van der Waals surface area contributed by atoms with Crippen molar-refractivity contribution in [2.75, 3.05) is 19.6 Å². The smallest absolute Gasteiger partial charge is 0.255 e. The molecule has 1 aliphatic rings. The molecule has 1 aromatic carbocycles. The number of carbonyl (C=O) groups is 1. The quantitative estimate of drug-likeness (QED) is 0.884. The van der Waals surface area contributed by atoms with E-state index >= 15 is 0 Å². The first-order chi connectivity index (χ1) is 9.16. The van der Waals surface area contributed by atoms with E-state index in [0.29, 0.717) is 6.54 Å². The van der Waals surface area contributed by atoms with E-state index < -0.39 is 13.0 Å². The summed E-state index contributed by atoms with van der Waals surface area (Å²) < 4.78 is 25.3. The highest BCUT2D eigenvalue weighted by atomic mass is 19.3. The van der Waals surface area contributed by atoms with Crippen molar-refractivity contribution < 1.29 is 13.6 Å². The Morgan fingerprint density at radius 2 is 2.11 bits per heavy atom. The third-order valence-electron chi connectivity index (χ3n) is 3.30. The summed E-state index contributed by atoms with van der Waals surface area (Å²) in [6.07, 6.45) is -1.77. The van der Waals surface area contributed by atoms with Gasteiger partial charge in [-0.15, -0.1) is 0 Å². The molecule has 3 nitrogen and oxygen atoms in total. The molecule has 0 saturated carbocycles. The van der Waals surface area contributed by atoms with Gasteiger partial charge >= 0.3 is 0 Å². The van der Waals surface area contributed by atoms with Gasteiger partial charge in [0.15, 0.2) is 0 Å². The summed E-state index contributed by atoms with van der Waals surface area (Å²) in [5.41, 5.74) is 0.877. The topological polar surface area (TPSA) is 32.3 Å². The van der Waals surface area contributed by atoms with Crippen molar-refractivity contribution in [1.29, 1.82) is 0 Å². The van der Waals surface area contributed by atoms with Crippen LogP contribution in [0.15, 0.2) is 30.3 Å². The fourth-order valence-electron chi connectivity index (χ4n) is 2.33. The summed E-state index contributed by atoms with van der Waals surface area (Å²) >= 11 is 0. The standard InChI is InChI=1S/C14H18F2N2O/c15-13(16)10-18(9-11-4-2-1-3-5-11)14(19)12-6-7-17-8-12/h1-5,12-13,17H,6-10H2. The summed E-state index contributed by atoms with van der Waals surface area (Å²) in [6.45, 7) is 1.13. The zero-order valence-electron chi connectivity index (χ0n) is 10.7. The van der Waals surface area contributed by atoms with Gasteiger partial charge in [0.1, 0.15) is 0 Å². The number of nitrogens with one attached hydrogen (secondary N) is 1. The summed E-state index contributed by atoms with van der Waals surface area (Å²) in [6, 6.07) is 9.25. The molecule has 1 heterocycles. The Kier molecular flexibility index (Phi) is 4.85. The number of halogens is 2. The minimum atomic E-state index is -2.50. The first-order valence-electron chi connectivity index (χ1n) is 6.48. The predicted molar refractivity (Wildman–Crippen MR) is 68.8 cm³/mol. The minimum Gasteiger partial charge on any atom is -0.332 e. The van der Waals surface area contributed by atoms with E-state index in [1.165, 1.54) is 4.90 Å². The van der Waals surface area contributed by atoms with Crippen LogP contribution in [0.4, 0.5) is 8.78 Å². The van der Waals surface area contributed by atoms with Crippen LogP contribution in [-0.4, -0.2) is 36.9 Å². The lowest BCUT2D eigenvalue weighted by Gasteiger charge is -2.25. The van der Waals surface area contributed by atoms with Crippen LogP contribution >= 0.6 is 0 Å². The molecule has 0 aliphatic carbocycles. The minimum absolute atomic E-state index is 0.164. The Labute approximate surface area is 111 Å². The van der Waals surface area contributed by atoms with Crippen LogP contribution in [0.1, 0.15) is 12.0 Å². The summed E-state index contributed by atoms with van der Waals surface area (Å²) in [7, 11) is 0. The van der Waals surface area contributed by atoms with Gasteiger partial charge in [-0.05, 0) is 18.5 Å². The summed E-state index contributed by atoms with van der Waals surface area (Å²) in [5.74, 6) is -0.336. The molecule has 1 fully saturated rings. The van der Waals surface area contributed by atoms with E-state index in [1.54, 1.807) is 0 Å². The van der Waals surface area contributed by atoms with Crippen molar-refractivity contribution >= 4 is 5.91 Å². The number of hydrogen-bond acceptors (Lipinski definition) is 2. The van der Waals surface area contributed by atoms with Gasteiger partial charge in [0.05, 0.1) is 12.5 Å². The molecule has 0 spiro atoms. The highest BCUT2D eigenvalue weighted by Gasteiger charge is 2.28. The van der Waals surface area contributed by atoms with Crippen LogP contribution in [0.5, 0.6) is 0 Å². The Balaban J connectivity index is 2.04. The maximum absolute atomic E-state index is 12.6. The Morgan fingerprint density at radius 1 is 1.37 bits per heavy atom.